The Kier molecular flexibility index (Phi) is 2.96. The molecule has 0 aromatic heterocycles. The minimum Gasteiger partial charge on any atom is -0.347 e. The van der Waals surface area contributed by atoms with Crippen LogP contribution in [-0.2, 0) is 23.7 Å². The fourth-order valence-electron chi connectivity index (χ4n) is 2.56. The molecule has 3 rings (SSSR count). The minimum absolute atomic E-state index is 0.0635. The van der Waals surface area contributed by atoms with E-state index in [1.54, 1.807) is 0 Å². The van der Waals surface area contributed by atoms with Gasteiger partial charge in [0.25, 0.3) is 0 Å². The lowest BCUT2D eigenvalue weighted by molar-refractivity contribution is -0.202. The Hall–Kier alpha value is 0.530. The van der Waals surface area contributed by atoms with E-state index in [-0.39, 0.29) is 24.6 Å². The van der Waals surface area contributed by atoms with E-state index in [1.165, 1.54) is 0 Å². The second-order valence-electron chi connectivity index (χ2n) is 5.31. The highest BCUT2D eigenvalue weighted by Crippen LogP contribution is 2.42. The van der Waals surface area contributed by atoms with E-state index in [0.717, 1.165) is 4.43 Å². The summed E-state index contributed by atoms with van der Waals surface area (Å²) in [6.07, 6.45) is -0.705. The number of alkyl halides is 1. The van der Waals surface area contributed by atoms with E-state index in [1.807, 2.05) is 20.8 Å². The van der Waals surface area contributed by atoms with E-state index in [2.05, 4.69) is 22.6 Å². The highest BCUT2D eigenvalue weighted by Gasteiger charge is 2.58. The first-order valence-electron chi connectivity index (χ1n) is 5.81. The molecule has 5 atom stereocenters. The lowest BCUT2D eigenvalue weighted by Gasteiger charge is -2.30. The van der Waals surface area contributed by atoms with Gasteiger partial charge >= 0.3 is 0 Å². The Bertz CT molecular complexity index is 323. The molecule has 0 aromatic carbocycles. The van der Waals surface area contributed by atoms with Crippen molar-refractivity contribution in [3.63, 3.8) is 0 Å². The van der Waals surface area contributed by atoms with E-state index in [9.17, 15) is 0 Å². The summed E-state index contributed by atoms with van der Waals surface area (Å²) in [5.41, 5.74) is 0. The molecule has 3 fully saturated rings. The van der Waals surface area contributed by atoms with Crippen LogP contribution in [0.3, 0.4) is 0 Å². The highest BCUT2D eigenvalue weighted by atomic mass is 127. The van der Waals surface area contributed by atoms with Crippen molar-refractivity contribution in [1.29, 1.82) is 0 Å². The van der Waals surface area contributed by atoms with Crippen LogP contribution >= 0.6 is 22.6 Å². The van der Waals surface area contributed by atoms with Crippen LogP contribution in [0.5, 0.6) is 0 Å². The van der Waals surface area contributed by atoms with Crippen molar-refractivity contribution in [2.45, 2.75) is 56.9 Å². The third-order valence-corrected chi connectivity index (χ3v) is 4.62. The van der Waals surface area contributed by atoms with Crippen LogP contribution in [0, 0.1) is 0 Å². The standard InChI is InChI=1S/C11H17IO5/c1-10(2)14-6-4-13-9-8(7(6)15-10)16-11(3,5-12)17-9/h6-9H,4-5H2,1-3H3/t6-,7-,8+,9+,11?/m1/s1. The Morgan fingerprint density at radius 2 is 1.82 bits per heavy atom. The van der Waals surface area contributed by atoms with Crippen LogP contribution in [0.4, 0.5) is 0 Å². The lowest BCUT2D eigenvalue weighted by Crippen LogP contribution is -2.50. The molecule has 3 saturated heterocycles. The fraction of sp³-hybridized carbons (Fsp3) is 1.00. The maximum absolute atomic E-state index is 5.95. The summed E-state index contributed by atoms with van der Waals surface area (Å²) in [5, 5.41) is 0. The van der Waals surface area contributed by atoms with Crippen molar-refractivity contribution >= 4 is 22.6 Å². The summed E-state index contributed by atoms with van der Waals surface area (Å²) in [6, 6.07) is 0. The van der Waals surface area contributed by atoms with Crippen molar-refractivity contribution in [3.8, 4) is 0 Å². The van der Waals surface area contributed by atoms with Crippen LogP contribution in [0.15, 0.2) is 0 Å². The van der Waals surface area contributed by atoms with E-state index < -0.39 is 11.6 Å². The molecule has 0 aliphatic carbocycles. The van der Waals surface area contributed by atoms with Crippen molar-refractivity contribution in [2.24, 2.45) is 0 Å². The molecule has 98 valence electrons. The third-order valence-electron chi connectivity index (χ3n) is 3.23. The molecule has 0 bridgehead atoms. The normalized spacial score (nSPS) is 52.2. The first-order chi connectivity index (χ1) is 7.92. The highest BCUT2D eigenvalue weighted by molar-refractivity contribution is 14.1. The Labute approximate surface area is 114 Å². The van der Waals surface area contributed by atoms with Gasteiger partial charge < -0.3 is 23.7 Å². The van der Waals surface area contributed by atoms with E-state index >= 15 is 0 Å². The van der Waals surface area contributed by atoms with E-state index in [0.29, 0.717) is 6.61 Å². The maximum atomic E-state index is 5.95. The van der Waals surface area contributed by atoms with Crippen LogP contribution in [0.25, 0.3) is 0 Å². The zero-order valence-corrected chi connectivity index (χ0v) is 12.3. The van der Waals surface area contributed by atoms with Gasteiger partial charge in [-0.25, -0.2) is 0 Å². The Morgan fingerprint density at radius 1 is 1.06 bits per heavy atom. The molecule has 6 heteroatoms. The SMILES string of the molecule is CC1(C)O[C@H]2[C@@H]3OC(C)(CI)O[C@@H]3OC[C@H]2O1. The van der Waals surface area contributed by atoms with Crippen molar-refractivity contribution in [3.05, 3.63) is 0 Å². The number of hydrogen-bond acceptors (Lipinski definition) is 5. The van der Waals surface area contributed by atoms with Crippen LogP contribution < -0.4 is 0 Å². The molecule has 17 heavy (non-hydrogen) atoms. The smallest absolute Gasteiger partial charge is 0.189 e. The molecule has 3 heterocycles. The van der Waals surface area contributed by atoms with Gasteiger partial charge in [-0.1, -0.05) is 22.6 Å². The third kappa shape index (κ3) is 2.12. The summed E-state index contributed by atoms with van der Waals surface area (Å²) >= 11 is 2.25. The summed E-state index contributed by atoms with van der Waals surface area (Å²) in [6.45, 7) is 6.24. The van der Waals surface area contributed by atoms with Gasteiger partial charge in [-0.15, -0.1) is 0 Å². The summed E-state index contributed by atoms with van der Waals surface area (Å²) in [5.74, 6) is -1.15. The van der Waals surface area contributed by atoms with Crippen LogP contribution in [0.1, 0.15) is 20.8 Å². The predicted octanol–water partition coefficient (Wildman–Crippen LogP) is 1.43. The molecule has 3 aliphatic heterocycles. The first kappa shape index (κ1) is 12.6. The van der Waals surface area contributed by atoms with Gasteiger partial charge in [0.1, 0.15) is 18.3 Å². The van der Waals surface area contributed by atoms with Crippen molar-refractivity contribution < 1.29 is 23.7 Å². The second-order valence-corrected chi connectivity index (χ2v) is 6.07. The summed E-state index contributed by atoms with van der Waals surface area (Å²) in [4.78, 5) is 0. The summed E-state index contributed by atoms with van der Waals surface area (Å²) < 4.78 is 29.8. The largest absolute Gasteiger partial charge is 0.347 e. The van der Waals surface area contributed by atoms with Gasteiger partial charge in [0.15, 0.2) is 17.9 Å². The lowest BCUT2D eigenvalue weighted by atomic mass is 10.1. The maximum Gasteiger partial charge on any atom is 0.189 e. The molecule has 5 nitrogen and oxygen atoms in total. The monoisotopic (exact) mass is 356 g/mol. The summed E-state index contributed by atoms with van der Waals surface area (Å²) in [7, 11) is 0. The van der Waals surface area contributed by atoms with Crippen molar-refractivity contribution in [1.82, 2.24) is 0 Å². The topological polar surface area (TPSA) is 46.2 Å². The average Bonchev–Trinajstić information content (AvgIpc) is 2.74. The quantitative estimate of drug-likeness (QED) is 0.526. The molecule has 0 radical (unpaired) electrons. The molecule has 0 amide bonds. The number of ether oxygens (including phenoxy) is 5. The van der Waals surface area contributed by atoms with Gasteiger partial charge in [0.2, 0.25) is 0 Å². The first-order valence-corrected chi connectivity index (χ1v) is 7.34. The van der Waals surface area contributed by atoms with Gasteiger partial charge in [0.05, 0.1) is 11.0 Å². The Balaban J connectivity index is 1.79. The minimum atomic E-state index is -0.582. The fourth-order valence-corrected chi connectivity index (χ4v) is 2.92. The molecular weight excluding hydrogens is 339 g/mol. The number of rotatable bonds is 1. The van der Waals surface area contributed by atoms with Crippen LogP contribution in [0.2, 0.25) is 0 Å². The van der Waals surface area contributed by atoms with Gasteiger partial charge in [-0.3, -0.25) is 0 Å². The number of hydrogen-bond donors (Lipinski definition) is 0. The molecule has 0 N–H and O–H groups in total. The second kappa shape index (κ2) is 4.01. The zero-order chi connectivity index (χ0) is 12.3. The number of fused-ring (bicyclic) bond motifs is 3. The van der Waals surface area contributed by atoms with Crippen molar-refractivity contribution in [2.75, 3.05) is 11.0 Å². The van der Waals surface area contributed by atoms with Crippen LogP contribution in [-0.4, -0.2) is 47.2 Å². The molecule has 0 spiro atoms. The van der Waals surface area contributed by atoms with Gasteiger partial charge in [0, 0.05) is 0 Å². The predicted molar refractivity (Wildman–Crippen MR) is 66.8 cm³/mol. The Morgan fingerprint density at radius 3 is 2.53 bits per heavy atom. The molecular formula is C11H17IO5. The average molecular weight is 356 g/mol. The van der Waals surface area contributed by atoms with E-state index in [4.69, 9.17) is 23.7 Å². The molecule has 0 saturated carbocycles. The molecule has 0 aromatic rings. The van der Waals surface area contributed by atoms with Gasteiger partial charge in [-0.05, 0) is 20.8 Å². The number of halogens is 1. The zero-order valence-electron chi connectivity index (χ0n) is 10.1. The van der Waals surface area contributed by atoms with Gasteiger partial charge in [-0.2, -0.15) is 0 Å². The molecule has 1 unspecified atom stereocenters. The molecule has 3 aliphatic rings.